The number of nitrogens with zero attached hydrogens (tertiary/aromatic N) is 2. The Morgan fingerprint density at radius 2 is 1.75 bits per heavy atom. The number of benzene rings is 2. The summed E-state index contributed by atoms with van der Waals surface area (Å²) in [6, 6.07) is 12.4. The number of hydrogen-bond acceptors (Lipinski definition) is 6. The van der Waals surface area contributed by atoms with Crippen molar-refractivity contribution in [1.82, 2.24) is 4.90 Å². The van der Waals surface area contributed by atoms with Gasteiger partial charge >= 0.3 is 0 Å². The summed E-state index contributed by atoms with van der Waals surface area (Å²) in [5.74, 6) is 2.17. The zero-order valence-electron chi connectivity index (χ0n) is 20.9. The Morgan fingerprint density at radius 3 is 2.58 bits per heavy atom. The molecule has 2 unspecified atom stereocenters. The van der Waals surface area contributed by atoms with E-state index in [1.54, 1.807) is 0 Å². The van der Waals surface area contributed by atoms with Gasteiger partial charge in [0, 0.05) is 54.9 Å². The molecule has 2 aromatic rings. The van der Waals surface area contributed by atoms with E-state index in [0.717, 1.165) is 69.0 Å². The lowest BCUT2D eigenvalue weighted by atomic mass is 9.80. The molecule has 2 fully saturated rings. The first kappa shape index (κ1) is 23.9. The number of Topliss-reactive ketones (excluding diaryl/α,β-unsaturated/α-hetero) is 1. The number of nitrogens with one attached hydrogen (secondary N) is 1. The van der Waals surface area contributed by atoms with Crippen LogP contribution in [0.15, 0.2) is 36.4 Å². The lowest BCUT2D eigenvalue weighted by molar-refractivity contribution is -0.130. The summed E-state index contributed by atoms with van der Waals surface area (Å²) in [4.78, 5) is 18.8. The van der Waals surface area contributed by atoms with E-state index >= 15 is 0 Å². The van der Waals surface area contributed by atoms with Crippen molar-refractivity contribution in [3.63, 3.8) is 0 Å². The molecule has 6 nitrogen and oxygen atoms in total. The Morgan fingerprint density at radius 1 is 0.972 bits per heavy atom. The van der Waals surface area contributed by atoms with Crippen LogP contribution in [0, 0.1) is 5.92 Å². The van der Waals surface area contributed by atoms with E-state index in [9.17, 15) is 4.79 Å². The Balaban J connectivity index is 1.22. The molecule has 0 spiro atoms. The molecule has 3 heterocycles. The minimum absolute atomic E-state index is 0.0866. The van der Waals surface area contributed by atoms with Gasteiger partial charge in [-0.1, -0.05) is 49.1 Å². The Hall–Kier alpha value is -2.44. The Bertz CT molecular complexity index is 1100. The highest BCUT2D eigenvalue weighted by atomic mass is 35.5. The van der Waals surface area contributed by atoms with Gasteiger partial charge in [0.25, 0.3) is 0 Å². The molecule has 1 saturated heterocycles. The number of rotatable bonds is 5. The molecule has 36 heavy (non-hydrogen) atoms. The van der Waals surface area contributed by atoms with E-state index in [4.69, 9.17) is 21.1 Å². The molecule has 7 heteroatoms. The molecule has 3 aliphatic heterocycles. The zero-order chi connectivity index (χ0) is 24.5. The van der Waals surface area contributed by atoms with E-state index in [2.05, 4.69) is 39.4 Å². The van der Waals surface area contributed by atoms with E-state index < -0.39 is 0 Å². The fraction of sp³-hybridized carbons (Fsp3) is 0.552. The largest absolute Gasteiger partial charge is 0.486 e. The normalized spacial score (nSPS) is 23.5. The van der Waals surface area contributed by atoms with Gasteiger partial charge in [0.2, 0.25) is 0 Å². The summed E-state index contributed by atoms with van der Waals surface area (Å²) >= 11 is 6.42. The molecule has 0 radical (unpaired) electrons. The van der Waals surface area contributed by atoms with Crippen LogP contribution < -0.4 is 19.7 Å². The van der Waals surface area contributed by atoms with Gasteiger partial charge in [-0.3, -0.25) is 9.69 Å². The maximum absolute atomic E-state index is 14.0. The third-order valence-electron chi connectivity index (χ3n) is 8.40. The number of hydrogen-bond donors (Lipinski definition) is 1. The van der Waals surface area contributed by atoms with Crippen LogP contribution in [0.1, 0.15) is 44.1 Å². The topological polar surface area (TPSA) is 54.0 Å². The monoisotopic (exact) mass is 509 g/mol. The first-order chi connectivity index (χ1) is 17.7. The standard InChI is InChI=1S/C29H36ClN3O3/c30-22-18-25(29-26(19-22)35-16-17-36-29)32-12-14-33(15-13-32)27(28(34)21-7-2-1-3-8-21)24-11-10-20-6-4-5-9-23(20)31-24/h4-6,9,18-19,21,24,27,31H,1-3,7-8,10-17H2. The van der Waals surface area contributed by atoms with Crippen molar-refractivity contribution >= 4 is 28.8 Å². The molecule has 0 bridgehead atoms. The number of aryl methyl sites for hydroxylation is 1. The first-order valence-corrected chi connectivity index (χ1v) is 14.0. The number of halogens is 1. The smallest absolute Gasteiger partial charge is 0.184 e. The lowest BCUT2D eigenvalue weighted by Crippen LogP contribution is -2.60. The second kappa shape index (κ2) is 10.5. The second-order valence-electron chi connectivity index (χ2n) is 10.6. The number of fused-ring (bicyclic) bond motifs is 2. The summed E-state index contributed by atoms with van der Waals surface area (Å²) in [5, 5.41) is 4.43. The highest BCUT2D eigenvalue weighted by Gasteiger charge is 2.40. The van der Waals surface area contributed by atoms with Crippen LogP contribution in [0.4, 0.5) is 11.4 Å². The molecular weight excluding hydrogens is 474 g/mol. The van der Waals surface area contributed by atoms with E-state index in [1.165, 1.54) is 30.5 Å². The number of ether oxygens (including phenoxy) is 2. The van der Waals surface area contributed by atoms with Gasteiger partial charge in [-0.05, 0) is 43.4 Å². The zero-order valence-corrected chi connectivity index (χ0v) is 21.6. The van der Waals surface area contributed by atoms with Crippen LogP contribution in [0.2, 0.25) is 5.02 Å². The maximum atomic E-state index is 14.0. The number of carbonyl (C=O) groups is 1. The van der Waals surface area contributed by atoms with Crippen LogP contribution in [0.25, 0.3) is 0 Å². The summed E-state index contributed by atoms with van der Waals surface area (Å²) in [5.41, 5.74) is 3.55. The third kappa shape index (κ3) is 4.78. The number of para-hydroxylation sites is 1. The highest BCUT2D eigenvalue weighted by molar-refractivity contribution is 6.31. The predicted molar refractivity (Wildman–Crippen MR) is 144 cm³/mol. The number of carbonyl (C=O) groups excluding carboxylic acids is 1. The Kier molecular flexibility index (Phi) is 6.98. The van der Waals surface area contributed by atoms with Gasteiger partial charge in [0.05, 0.1) is 11.7 Å². The van der Waals surface area contributed by atoms with Crippen molar-refractivity contribution in [3.8, 4) is 11.5 Å². The maximum Gasteiger partial charge on any atom is 0.184 e. The van der Waals surface area contributed by atoms with E-state index in [1.807, 2.05) is 12.1 Å². The third-order valence-corrected chi connectivity index (χ3v) is 8.62. The van der Waals surface area contributed by atoms with Crippen molar-refractivity contribution in [1.29, 1.82) is 0 Å². The van der Waals surface area contributed by atoms with E-state index in [0.29, 0.717) is 24.0 Å². The van der Waals surface area contributed by atoms with Crippen LogP contribution in [-0.4, -0.2) is 62.2 Å². The summed E-state index contributed by atoms with van der Waals surface area (Å²) in [7, 11) is 0. The van der Waals surface area contributed by atoms with Crippen LogP contribution in [0.5, 0.6) is 11.5 Å². The molecule has 1 N–H and O–H groups in total. The van der Waals surface area contributed by atoms with Crippen molar-refractivity contribution < 1.29 is 14.3 Å². The summed E-state index contributed by atoms with van der Waals surface area (Å²) < 4.78 is 11.8. The average Bonchev–Trinajstić information content (AvgIpc) is 2.93. The summed E-state index contributed by atoms with van der Waals surface area (Å²) in [6.07, 6.45) is 7.73. The van der Waals surface area contributed by atoms with Crippen molar-refractivity contribution in [3.05, 3.63) is 47.0 Å². The van der Waals surface area contributed by atoms with Gasteiger partial charge in [0.15, 0.2) is 17.3 Å². The molecule has 4 aliphatic rings. The van der Waals surface area contributed by atoms with Crippen LogP contribution >= 0.6 is 11.6 Å². The molecule has 192 valence electrons. The quantitative estimate of drug-likeness (QED) is 0.599. The predicted octanol–water partition coefficient (Wildman–Crippen LogP) is 5.18. The molecule has 2 atom stereocenters. The molecule has 1 saturated carbocycles. The lowest BCUT2D eigenvalue weighted by Gasteiger charge is -2.45. The highest BCUT2D eigenvalue weighted by Crippen LogP contribution is 2.43. The van der Waals surface area contributed by atoms with Crippen LogP contribution in [0.3, 0.4) is 0 Å². The minimum atomic E-state index is -0.0866. The first-order valence-electron chi connectivity index (χ1n) is 13.6. The van der Waals surface area contributed by atoms with Gasteiger partial charge in [0.1, 0.15) is 13.2 Å². The minimum Gasteiger partial charge on any atom is -0.486 e. The molecule has 6 rings (SSSR count). The van der Waals surface area contributed by atoms with Gasteiger partial charge in [-0.25, -0.2) is 0 Å². The molecule has 0 aromatic heterocycles. The molecule has 2 aromatic carbocycles. The van der Waals surface area contributed by atoms with Crippen molar-refractivity contribution in [2.24, 2.45) is 5.92 Å². The summed E-state index contributed by atoms with van der Waals surface area (Å²) in [6.45, 7) is 4.43. The Labute approximate surface area is 218 Å². The van der Waals surface area contributed by atoms with Gasteiger partial charge in [-0.2, -0.15) is 0 Å². The van der Waals surface area contributed by atoms with E-state index in [-0.39, 0.29) is 18.0 Å². The molecule has 1 aliphatic carbocycles. The average molecular weight is 510 g/mol. The SMILES string of the molecule is O=C(C1CCCCC1)C(C1CCc2ccccc2N1)N1CCN(c2cc(Cl)cc3c2OCCO3)CC1. The van der Waals surface area contributed by atoms with Gasteiger partial charge in [-0.15, -0.1) is 0 Å². The number of piperazine rings is 1. The molecule has 0 amide bonds. The van der Waals surface area contributed by atoms with Gasteiger partial charge < -0.3 is 19.7 Å². The fourth-order valence-electron chi connectivity index (χ4n) is 6.54. The van der Waals surface area contributed by atoms with Crippen molar-refractivity contribution in [2.75, 3.05) is 49.6 Å². The molecular formula is C29H36ClN3O3. The van der Waals surface area contributed by atoms with Crippen LogP contribution in [-0.2, 0) is 11.2 Å². The second-order valence-corrected chi connectivity index (χ2v) is 11.0. The van der Waals surface area contributed by atoms with Crippen molar-refractivity contribution in [2.45, 2.75) is 57.0 Å². The number of anilines is 2. The number of ketones is 1. The fourth-order valence-corrected chi connectivity index (χ4v) is 6.74.